The Labute approximate surface area is 158 Å². The van der Waals surface area contributed by atoms with Crippen LogP contribution in [0.2, 0.25) is 0 Å². The minimum Gasteiger partial charge on any atom is -0.336 e. The van der Waals surface area contributed by atoms with Crippen LogP contribution in [-0.4, -0.2) is 43.3 Å². The fraction of sp³-hybridized carbons (Fsp3) is 0.400. The molecular weight excluding hydrogens is 342 g/mol. The van der Waals surface area contributed by atoms with E-state index >= 15 is 0 Å². The van der Waals surface area contributed by atoms with Crippen LogP contribution in [0.5, 0.6) is 0 Å². The largest absolute Gasteiger partial charge is 0.336 e. The Morgan fingerprint density at radius 1 is 1.30 bits per heavy atom. The minimum absolute atomic E-state index is 0.0651. The second-order valence-corrected chi connectivity index (χ2v) is 6.80. The van der Waals surface area contributed by atoms with Gasteiger partial charge in [-0.3, -0.25) is 9.48 Å². The van der Waals surface area contributed by atoms with Crippen molar-refractivity contribution in [3.63, 3.8) is 0 Å². The Morgan fingerprint density at radius 3 is 2.93 bits per heavy atom. The van der Waals surface area contributed by atoms with Gasteiger partial charge in [0.25, 0.3) is 11.8 Å². The number of carbonyl (C=O) groups excluding carboxylic acids is 1. The Kier molecular flexibility index (Phi) is 5.00. The molecular formula is C20H23N5O2. The topological polar surface area (TPSA) is 77.0 Å². The summed E-state index contributed by atoms with van der Waals surface area (Å²) in [5.74, 6) is 1.29. The Balaban J connectivity index is 1.39. The van der Waals surface area contributed by atoms with Gasteiger partial charge in [0.15, 0.2) is 5.82 Å². The molecule has 1 atom stereocenters. The first-order valence-electron chi connectivity index (χ1n) is 9.46. The summed E-state index contributed by atoms with van der Waals surface area (Å²) in [6, 6.07) is 9.96. The van der Waals surface area contributed by atoms with E-state index in [2.05, 4.69) is 15.2 Å². The van der Waals surface area contributed by atoms with Crippen molar-refractivity contribution < 1.29 is 9.32 Å². The van der Waals surface area contributed by atoms with E-state index in [9.17, 15) is 4.79 Å². The first-order valence-corrected chi connectivity index (χ1v) is 9.46. The van der Waals surface area contributed by atoms with E-state index in [1.807, 2.05) is 48.4 Å². The standard InChI is InChI=1S/C20H23N5O2/c1-2-24-14-16(13-21-24)20(26)25-12-6-9-17(25)10-11-18-22-19(27-23-18)15-7-4-3-5-8-15/h3-5,7-8,13-14,17H,2,6,9-12H2,1H3. The van der Waals surface area contributed by atoms with Gasteiger partial charge in [0, 0.05) is 37.3 Å². The molecule has 0 N–H and O–H groups in total. The zero-order valence-corrected chi connectivity index (χ0v) is 15.4. The lowest BCUT2D eigenvalue weighted by molar-refractivity contribution is 0.0730. The molecule has 1 saturated heterocycles. The number of amides is 1. The van der Waals surface area contributed by atoms with Crippen molar-refractivity contribution >= 4 is 5.91 Å². The number of likely N-dealkylation sites (tertiary alicyclic amines) is 1. The third-order valence-electron chi connectivity index (χ3n) is 5.03. The van der Waals surface area contributed by atoms with Crippen LogP contribution < -0.4 is 0 Å². The van der Waals surface area contributed by atoms with Crippen LogP contribution in [-0.2, 0) is 13.0 Å². The molecule has 2 aromatic heterocycles. The molecule has 1 fully saturated rings. The fourth-order valence-corrected chi connectivity index (χ4v) is 3.57. The number of nitrogens with zero attached hydrogens (tertiary/aromatic N) is 5. The molecule has 7 nitrogen and oxygen atoms in total. The number of rotatable bonds is 6. The van der Waals surface area contributed by atoms with E-state index in [1.54, 1.807) is 10.9 Å². The summed E-state index contributed by atoms with van der Waals surface area (Å²) >= 11 is 0. The van der Waals surface area contributed by atoms with Crippen molar-refractivity contribution in [1.82, 2.24) is 24.8 Å². The quantitative estimate of drug-likeness (QED) is 0.670. The van der Waals surface area contributed by atoms with E-state index in [1.165, 1.54) is 0 Å². The lowest BCUT2D eigenvalue weighted by Crippen LogP contribution is -2.35. The molecule has 0 saturated carbocycles. The average Bonchev–Trinajstić information content (AvgIpc) is 3.47. The van der Waals surface area contributed by atoms with E-state index in [0.29, 0.717) is 23.7 Å². The van der Waals surface area contributed by atoms with Crippen LogP contribution in [0, 0.1) is 0 Å². The highest BCUT2D eigenvalue weighted by Crippen LogP contribution is 2.24. The van der Waals surface area contributed by atoms with Gasteiger partial charge in [-0.25, -0.2) is 0 Å². The third kappa shape index (κ3) is 3.77. The molecule has 7 heteroatoms. The predicted octanol–water partition coefficient (Wildman–Crippen LogP) is 3.19. The number of aromatic nitrogens is 4. The minimum atomic E-state index is 0.0651. The summed E-state index contributed by atoms with van der Waals surface area (Å²) < 4.78 is 7.15. The maximum atomic E-state index is 12.8. The SMILES string of the molecule is CCn1cc(C(=O)N2CCCC2CCc2noc(-c3ccccc3)n2)cn1. The van der Waals surface area contributed by atoms with Crippen LogP contribution in [0.4, 0.5) is 0 Å². The zero-order valence-electron chi connectivity index (χ0n) is 15.4. The van der Waals surface area contributed by atoms with Gasteiger partial charge in [-0.15, -0.1) is 0 Å². The number of aryl methyl sites for hydroxylation is 2. The van der Waals surface area contributed by atoms with Gasteiger partial charge >= 0.3 is 0 Å². The third-order valence-corrected chi connectivity index (χ3v) is 5.03. The number of carbonyl (C=O) groups is 1. The highest BCUT2D eigenvalue weighted by atomic mass is 16.5. The van der Waals surface area contributed by atoms with Crippen molar-refractivity contribution in [1.29, 1.82) is 0 Å². The highest BCUT2D eigenvalue weighted by molar-refractivity contribution is 5.94. The van der Waals surface area contributed by atoms with Crippen LogP contribution in [0.25, 0.3) is 11.5 Å². The number of hydrogen-bond acceptors (Lipinski definition) is 5. The van der Waals surface area contributed by atoms with Gasteiger partial charge in [-0.05, 0) is 38.3 Å². The fourth-order valence-electron chi connectivity index (χ4n) is 3.57. The van der Waals surface area contributed by atoms with Gasteiger partial charge < -0.3 is 9.42 Å². The van der Waals surface area contributed by atoms with Gasteiger partial charge in [0.1, 0.15) is 0 Å². The second-order valence-electron chi connectivity index (χ2n) is 6.80. The van der Waals surface area contributed by atoms with E-state index in [4.69, 9.17) is 4.52 Å². The summed E-state index contributed by atoms with van der Waals surface area (Å²) in [4.78, 5) is 19.3. The first-order chi connectivity index (χ1) is 13.2. The molecule has 140 valence electrons. The van der Waals surface area contributed by atoms with Crippen LogP contribution in [0.15, 0.2) is 47.2 Å². The maximum absolute atomic E-state index is 12.8. The Hall–Kier alpha value is -2.96. The molecule has 1 aliphatic rings. The molecule has 3 aromatic rings. The van der Waals surface area contributed by atoms with Crippen LogP contribution in [0.1, 0.15) is 42.4 Å². The van der Waals surface area contributed by atoms with Gasteiger partial charge in [-0.1, -0.05) is 23.4 Å². The van der Waals surface area contributed by atoms with E-state index < -0.39 is 0 Å². The average molecular weight is 365 g/mol. The number of benzene rings is 1. The van der Waals surface area contributed by atoms with Gasteiger partial charge in [0.2, 0.25) is 0 Å². The summed E-state index contributed by atoms with van der Waals surface area (Å²) in [7, 11) is 0. The molecule has 1 aliphatic heterocycles. The highest BCUT2D eigenvalue weighted by Gasteiger charge is 2.30. The van der Waals surface area contributed by atoms with Crippen molar-refractivity contribution in [3.05, 3.63) is 54.1 Å². The smallest absolute Gasteiger partial charge is 0.257 e. The lowest BCUT2D eigenvalue weighted by atomic mass is 10.1. The maximum Gasteiger partial charge on any atom is 0.257 e. The van der Waals surface area contributed by atoms with Crippen LogP contribution in [0.3, 0.4) is 0 Å². The zero-order chi connectivity index (χ0) is 18.6. The molecule has 27 heavy (non-hydrogen) atoms. The monoisotopic (exact) mass is 365 g/mol. The van der Waals surface area contributed by atoms with E-state index in [0.717, 1.165) is 37.9 Å². The number of hydrogen-bond donors (Lipinski definition) is 0. The van der Waals surface area contributed by atoms with Gasteiger partial charge in [0.05, 0.1) is 11.8 Å². The molecule has 4 rings (SSSR count). The molecule has 0 aliphatic carbocycles. The molecule has 0 bridgehead atoms. The molecule has 0 radical (unpaired) electrons. The molecule has 3 heterocycles. The summed E-state index contributed by atoms with van der Waals surface area (Å²) in [5, 5.41) is 8.31. The molecule has 1 unspecified atom stereocenters. The predicted molar refractivity (Wildman–Crippen MR) is 100 cm³/mol. The summed E-state index contributed by atoms with van der Waals surface area (Å²) in [6.07, 6.45) is 7.05. The van der Waals surface area contributed by atoms with Crippen LogP contribution >= 0.6 is 0 Å². The summed E-state index contributed by atoms with van der Waals surface area (Å²) in [6.45, 7) is 3.56. The first kappa shape index (κ1) is 17.5. The molecule has 1 amide bonds. The van der Waals surface area contributed by atoms with Crippen molar-refractivity contribution in [3.8, 4) is 11.5 Å². The molecule has 0 spiro atoms. The van der Waals surface area contributed by atoms with E-state index in [-0.39, 0.29) is 11.9 Å². The Bertz CT molecular complexity index is 902. The Morgan fingerprint density at radius 2 is 2.15 bits per heavy atom. The lowest BCUT2D eigenvalue weighted by Gasteiger charge is -2.23. The summed E-state index contributed by atoms with van der Waals surface area (Å²) in [5.41, 5.74) is 1.58. The molecule has 1 aromatic carbocycles. The second kappa shape index (κ2) is 7.73. The van der Waals surface area contributed by atoms with Crippen molar-refractivity contribution in [2.75, 3.05) is 6.54 Å². The van der Waals surface area contributed by atoms with Crippen molar-refractivity contribution in [2.24, 2.45) is 0 Å². The normalized spacial score (nSPS) is 16.8. The van der Waals surface area contributed by atoms with Gasteiger partial charge in [-0.2, -0.15) is 10.1 Å². The van der Waals surface area contributed by atoms with Crippen molar-refractivity contribution in [2.45, 2.75) is 45.2 Å².